The van der Waals surface area contributed by atoms with E-state index in [1.807, 2.05) is 44.2 Å². The summed E-state index contributed by atoms with van der Waals surface area (Å²) < 4.78 is 5.14. The average Bonchev–Trinajstić information content (AvgIpc) is 3.35. The van der Waals surface area contributed by atoms with E-state index in [-0.39, 0.29) is 24.2 Å². The van der Waals surface area contributed by atoms with Gasteiger partial charge in [0.1, 0.15) is 10.8 Å². The molecule has 1 amide bonds. The number of carbonyl (C=O) groups excluding carboxylic acids is 2. The third kappa shape index (κ3) is 5.45. The molecule has 29 heavy (non-hydrogen) atoms. The molecular weight excluding hydrogens is 408 g/mol. The molecule has 3 aromatic rings. The Hall–Kier alpha value is -2.65. The summed E-state index contributed by atoms with van der Waals surface area (Å²) in [5.74, 6) is 0.460. The van der Waals surface area contributed by atoms with Gasteiger partial charge >= 0.3 is 5.97 Å². The minimum Gasteiger partial charge on any atom is -0.462 e. The summed E-state index contributed by atoms with van der Waals surface area (Å²) in [4.78, 5) is 30.0. The first kappa shape index (κ1) is 21.1. The number of H-pyrrole nitrogens is 1. The fourth-order valence-electron chi connectivity index (χ4n) is 2.46. The minimum absolute atomic E-state index is 0.135. The maximum Gasteiger partial charge on any atom is 0.341 e. The number of amides is 1. The van der Waals surface area contributed by atoms with E-state index in [0.717, 1.165) is 16.3 Å². The molecule has 152 valence electrons. The van der Waals surface area contributed by atoms with Gasteiger partial charge < -0.3 is 10.1 Å². The first-order valence-electron chi connectivity index (χ1n) is 9.19. The van der Waals surface area contributed by atoms with Crippen LogP contribution < -0.4 is 5.32 Å². The highest BCUT2D eigenvalue weighted by Gasteiger charge is 2.20. The topological polar surface area (TPSA) is 97.0 Å². The van der Waals surface area contributed by atoms with Crippen LogP contribution in [0.15, 0.2) is 41.6 Å². The molecule has 0 spiro atoms. The Morgan fingerprint density at radius 1 is 1.28 bits per heavy atom. The number of nitrogens with one attached hydrogen (secondary N) is 2. The summed E-state index contributed by atoms with van der Waals surface area (Å²) >= 11 is 2.58. The van der Waals surface area contributed by atoms with E-state index in [1.54, 1.807) is 13.0 Å². The molecule has 0 saturated heterocycles. The first-order chi connectivity index (χ1) is 14.0. The lowest BCUT2D eigenvalue weighted by atomic mass is 10.1. The molecular formula is C20H22N4O3S2. The van der Waals surface area contributed by atoms with Gasteiger partial charge in [-0.3, -0.25) is 9.89 Å². The number of esters is 1. The highest BCUT2D eigenvalue weighted by Crippen LogP contribution is 2.36. The van der Waals surface area contributed by atoms with Gasteiger partial charge in [0.05, 0.1) is 17.9 Å². The molecule has 0 bridgehead atoms. The van der Waals surface area contributed by atoms with Crippen molar-refractivity contribution in [3.05, 3.63) is 47.8 Å². The summed E-state index contributed by atoms with van der Waals surface area (Å²) in [6.45, 7) is 6.04. The minimum atomic E-state index is -0.454. The SMILES string of the molecule is CCOC(=O)c1cc(-c2ccccc2)sc1NC(=O)CSc1n[nH]c(C(C)C)n1. The second-order valence-corrected chi connectivity index (χ2v) is 8.43. The largest absolute Gasteiger partial charge is 0.462 e. The highest BCUT2D eigenvalue weighted by molar-refractivity contribution is 7.99. The molecule has 7 nitrogen and oxygen atoms in total. The number of hydrogen-bond donors (Lipinski definition) is 2. The van der Waals surface area contributed by atoms with Crippen molar-refractivity contribution < 1.29 is 14.3 Å². The van der Waals surface area contributed by atoms with Gasteiger partial charge in [0, 0.05) is 10.8 Å². The van der Waals surface area contributed by atoms with E-state index in [2.05, 4.69) is 20.5 Å². The zero-order valence-corrected chi connectivity index (χ0v) is 18.0. The van der Waals surface area contributed by atoms with Crippen LogP contribution in [0.25, 0.3) is 10.4 Å². The molecule has 0 radical (unpaired) electrons. The van der Waals surface area contributed by atoms with Gasteiger partial charge in [-0.1, -0.05) is 55.9 Å². The van der Waals surface area contributed by atoms with Crippen LogP contribution in [0.4, 0.5) is 5.00 Å². The predicted molar refractivity (Wildman–Crippen MR) is 116 cm³/mol. The lowest BCUT2D eigenvalue weighted by Gasteiger charge is -2.05. The van der Waals surface area contributed by atoms with Crippen LogP contribution in [0.5, 0.6) is 0 Å². The van der Waals surface area contributed by atoms with E-state index in [9.17, 15) is 9.59 Å². The Kier molecular flexibility index (Phi) is 7.05. The molecule has 0 aliphatic carbocycles. The van der Waals surface area contributed by atoms with E-state index in [1.165, 1.54) is 23.1 Å². The predicted octanol–water partition coefficient (Wildman–Crippen LogP) is 4.56. The summed E-state index contributed by atoms with van der Waals surface area (Å²) in [7, 11) is 0. The van der Waals surface area contributed by atoms with Gasteiger partial charge in [0.2, 0.25) is 11.1 Å². The number of hydrogen-bond acceptors (Lipinski definition) is 7. The summed E-state index contributed by atoms with van der Waals surface area (Å²) in [5, 5.41) is 10.8. The lowest BCUT2D eigenvalue weighted by Crippen LogP contribution is -2.16. The number of benzene rings is 1. The summed E-state index contributed by atoms with van der Waals surface area (Å²) in [5.41, 5.74) is 1.33. The standard InChI is InChI=1S/C20H22N4O3S2/c1-4-27-19(26)14-10-15(13-8-6-5-7-9-13)29-18(14)21-16(25)11-28-20-22-17(12(2)3)23-24-20/h5-10,12H,4,11H2,1-3H3,(H,21,25)(H,22,23,24). The molecule has 2 aromatic heterocycles. The van der Waals surface area contributed by atoms with Crippen LogP contribution in [0.1, 0.15) is 42.9 Å². The number of aromatic amines is 1. The molecule has 0 atom stereocenters. The molecule has 0 aliphatic rings. The number of anilines is 1. The fraction of sp³-hybridized carbons (Fsp3) is 0.300. The van der Waals surface area contributed by atoms with Crippen molar-refractivity contribution in [3.63, 3.8) is 0 Å². The number of nitrogens with zero attached hydrogens (tertiary/aromatic N) is 2. The molecule has 2 heterocycles. The lowest BCUT2D eigenvalue weighted by molar-refractivity contribution is -0.113. The third-order valence-electron chi connectivity index (χ3n) is 3.90. The van der Waals surface area contributed by atoms with Crippen molar-refractivity contribution >= 4 is 40.0 Å². The molecule has 2 N–H and O–H groups in total. The van der Waals surface area contributed by atoms with Crippen molar-refractivity contribution in [2.75, 3.05) is 17.7 Å². The quantitative estimate of drug-likeness (QED) is 0.401. The Morgan fingerprint density at radius 3 is 2.69 bits per heavy atom. The van der Waals surface area contributed by atoms with Crippen molar-refractivity contribution in [2.24, 2.45) is 0 Å². The van der Waals surface area contributed by atoms with E-state index in [4.69, 9.17) is 4.74 Å². The average molecular weight is 431 g/mol. The zero-order chi connectivity index (χ0) is 20.8. The van der Waals surface area contributed by atoms with Gasteiger partial charge in [-0.25, -0.2) is 9.78 Å². The Labute approximate surface area is 177 Å². The molecule has 3 rings (SSSR count). The summed E-state index contributed by atoms with van der Waals surface area (Å²) in [6, 6.07) is 11.4. The van der Waals surface area contributed by atoms with Crippen molar-refractivity contribution in [2.45, 2.75) is 31.8 Å². The van der Waals surface area contributed by atoms with Gasteiger partial charge in [-0.2, -0.15) is 0 Å². The number of thioether (sulfide) groups is 1. The Bertz CT molecular complexity index is 983. The van der Waals surface area contributed by atoms with Gasteiger partial charge in [0.25, 0.3) is 0 Å². The maximum atomic E-state index is 12.5. The van der Waals surface area contributed by atoms with Gasteiger partial charge in [-0.15, -0.1) is 16.4 Å². The number of aromatic nitrogens is 3. The van der Waals surface area contributed by atoms with Crippen LogP contribution in [0.2, 0.25) is 0 Å². The monoisotopic (exact) mass is 430 g/mol. The van der Waals surface area contributed by atoms with Crippen LogP contribution >= 0.6 is 23.1 Å². The van der Waals surface area contributed by atoms with Crippen molar-refractivity contribution in [1.29, 1.82) is 0 Å². The molecule has 0 fully saturated rings. The summed E-state index contributed by atoms with van der Waals surface area (Å²) in [6.07, 6.45) is 0. The van der Waals surface area contributed by atoms with Crippen LogP contribution in [-0.2, 0) is 9.53 Å². The smallest absolute Gasteiger partial charge is 0.341 e. The fourth-order valence-corrected chi connectivity index (χ4v) is 4.14. The zero-order valence-electron chi connectivity index (χ0n) is 16.4. The molecule has 0 saturated carbocycles. The van der Waals surface area contributed by atoms with E-state index < -0.39 is 5.97 Å². The highest BCUT2D eigenvalue weighted by atomic mass is 32.2. The van der Waals surface area contributed by atoms with Gasteiger partial charge in [-0.05, 0) is 18.6 Å². The first-order valence-corrected chi connectivity index (χ1v) is 11.0. The number of ether oxygens (including phenoxy) is 1. The third-order valence-corrected chi connectivity index (χ3v) is 5.85. The number of thiophene rings is 1. The number of carbonyl (C=O) groups is 2. The van der Waals surface area contributed by atoms with E-state index >= 15 is 0 Å². The Balaban J connectivity index is 1.73. The molecule has 0 unspecified atom stereocenters. The molecule has 0 aliphatic heterocycles. The second-order valence-electron chi connectivity index (χ2n) is 6.43. The van der Waals surface area contributed by atoms with E-state index in [0.29, 0.717) is 15.7 Å². The molecule has 9 heteroatoms. The van der Waals surface area contributed by atoms with Crippen LogP contribution in [0, 0.1) is 0 Å². The van der Waals surface area contributed by atoms with Crippen LogP contribution in [-0.4, -0.2) is 39.4 Å². The van der Waals surface area contributed by atoms with Crippen molar-refractivity contribution in [1.82, 2.24) is 15.2 Å². The maximum absolute atomic E-state index is 12.5. The second kappa shape index (κ2) is 9.71. The van der Waals surface area contributed by atoms with Crippen molar-refractivity contribution in [3.8, 4) is 10.4 Å². The number of rotatable bonds is 8. The van der Waals surface area contributed by atoms with Gasteiger partial charge in [0.15, 0.2) is 0 Å². The normalized spacial score (nSPS) is 10.9. The molecule has 1 aromatic carbocycles. The van der Waals surface area contributed by atoms with Crippen LogP contribution in [0.3, 0.4) is 0 Å². The Morgan fingerprint density at radius 2 is 2.03 bits per heavy atom.